The summed E-state index contributed by atoms with van der Waals surface area (Å²) < 4.78 is 0.904. The zero-order chi connectivity index (χ0) is 13.0. The lowest BCUT2D eigenvalue weighted by Crippen LogP contribution is -2.21. The largest absolute Gasteiger partial charge is 0.360 e. The van der Waals surface area contributed by atoms with E-state index in [1.807, 2.05) is 0 Å². The molecule has 1 saturated carbocycles. The fourth-order valence-corrected chi connectivity index (χ4v) is 3.94. The minimum absolute atomic E-state index is 0.102. The molecule has 0 radical (unpaired) electrons. The second kappa shape index (κ2) is 6.52. The maximum absolute atomic E-state index is 11.7. The van der Waals surface area contributed by atoms with Gasteiger partial charge in [-0.3, -0.25) is 4.79 Å². The molecular formula is C12H19N3OS2. The Labute approximate surface area is 116 Å². The van der Waals surface area contributed by atoms with Crippen LogP contribution < -0.4 is 5.32 Å². The van der Waals surface area contributed by atoms with Crippen LogP contribution in [0.5, 0.6) is 0 Å². The molecular weight excluding hydrogens is 266 g/mol. The minimum Gasteiger partial charge on any atom is -0.360 e. The zero-order valence-corrected chi connectivity index (χ0v) is 12.4. The Balaban J connectivity index is 1.87. The van der Waals surface area contributed by atoms with E-state index in [0.717, 1.165) is 41.7 Å². The standard InChI is InChI=1S/C12H19N3OS2/c1-8(2)7-13-11-14-15-12(18-11)17-10-6-4-3-5-9(10)16/h8,10H,3-7H2,1-2H3,(H,13,14). The van der Waals surface area contributed by atoms with Crippen molar-refractivity contribution in [3.8, 4) is 0 Å². The van der Waals surface area contributed by atoms with Crippen LogP contribution >= 0.6 is 23.1 Å². The maximum atomic E-state index is 11.7. The molecule has 1 fully saturated rings. The van der Waals surface area contributed by atoms with Gasteiger partial charge in [0.1, 0.15) is 5.78 Å². The molecule has 1 aromatic heterocycles. The van der Waals surface area contributed by atoms with E-state index in [1.165, 1.54) is 0 Å². The quantitative estimate of drug-likeness (QED) is 0.900. The predicted molar refractivity (Wildman–Crippen MR) is 76.4 cm³/mol. The number of nitrogens with zero attached hydrogens (tertiary/aromatic N) is 2. The van der Waals surface area contributed by atoms with Gasteiger partial charge >= 0.3 is 0 Å². The van der Waals surface area contributed by atoms with Crippen molar-refractivity contribution in [1.29, 1.82) is 0 Å². The van der Waals surface area contributed by atoms with Crippen LogP contribution in [0.25, 0.3) is 0 Å². The molecule has 2 rings (SSSR count). The van der Waals surface area contributed by atoms with Crippen LogP contribution in [0.4, 0.5) is 5.13 Å². The summed E-state index contributed by atoms with van der Waals surface area (Å²) in [4.78, 5) is 11.7. The molecule has 6 heteroatoms. The number of ketones is 1. The molecule has 0 spiro atoms. The summed E-state index contributed by atoms with van der Waals surface area (Å²) in [5.41, 5.74) is 0. The third kappa shape index (κ3) is 3.95. The lowest BCUT2D eigenvalue weighted by molar-refractivity contribution is -0.119. The topological polar surface area (TPSA) is 54.9 Å². The zero-order valence-electron chi connectivity index (χ0n) is 10.8. The average Bonchev–Trinajstić information content (AvgIpc) is 2.77. The smallest absolute Gasteiger partial charge is 0.206 e. The predicted octanol–water partition coefficient (Wildman–Crippen LogP) is 3.21. The summed E-state index contributed by atoms with van der Waals surface area (Å²) >= 11 is 3.13. The van der Waals surface area contributed by atoms with Gasteiger partial charge in [-0.05, 0) is 18.8 Å². The van der Waals surface area contributed by atoms with Gasteiger partial charge in [0.15, 0.2) is 4.34 Å². The lowest BCUT2D eigenvalue weighted by Gasteiger charge is -2.17. The molecule has 1 atom stereocenters. The molecule has 1 N–H and O–H groups in total. The minimum atomic E-state index is 0.102. The van der Waals surface area contributed by atoms with E-state index in [-0.39, 0.29) is 5.25 Å². The van der Waals surface area contributed by atoms with Crippen LogP contribution in [0.15, 0.2) is 4.34 Å². The first-order valence-electron chi connectivity index (χ1n) is 6.42. The number of carbonyl (C=O) groups is 1. The molecule has 0 aliphatic heterocycles. The van der Waals surface area contributed by atoms with Crippen molar-refractivity contribution >= 4 is 34.0 Å². The van der Waals surface area contributed by atoms with E-state index in [0.29, 0.717) is 11.7 Å². The Bertz CT molecular complexity index is 406. The van der Waals surface area contributed by atoms with Crippen LogP contribution in [0.3, 0.4) is 0 Å². The van der Waals surface area contributed by atoms with E-state index in [4.69, 9.17) is 0 Å². The highest BCUT2D eigenvalue weighted by molar-refractivity contribution is 8.02. The highest BCUT2D eigenvalue weighted by Gasteiger charge is 2.24. The number of aromatic nitrogens is 2. The van der Waals surface area contributed by atoms with Crippen LogP contribution in [0.2, 0.25) is 0 Å². The number of anilines is 1. The van der Waals surface area contributed by atoms with Crippen LogP contribution in [0, 0.1) is 5.92 Å². The van der Waals surface area contributed by atoms with E-state index in [1.54, 1.807) is 23.1 Å². The van der Waals surface area contributed by atoms with Gasteiger partial charge < -0.3 is 5.32 Å². The van der Waals surface area contributed by atoms with E-state index in [9.17, 15) is 4.79 Å². The molecule has 1 aliphatic rings. The molecule has 100 valence electrons. The Hall–Kier alpha value is -0.620. The van der Waals surface area contributed by atoms with Crippen molar-refractivity contribution in [3.05, 3.63) is 0 Å². The number of thioether (sulfide) groups is 1. The third-order valence-corrected chi connectivity index (χ3v) is 5.09. The molecule has 1 heterocycles. The maximum Gasteiger partial charge on any atom is 0.206 e. The Morgan fingerprint density at radius 1 is 1.44 bits per heavy atom. The fraction of sp³-hybridized carbons (Fsp3) is 0.750. The highest BCUT2D eigenvalue weighted by Crippen LogP contribution is 2.34. The Kier molecular flexibility index (Phi) is 5.00. The first kappa shape index (κ1) is 13.8. The van der Waals surface area contributed by atoms with Crippen molar-refractivity contribution in [2.45, 2.75) is 49.1 Å². The SMILES string of the molecule is CC(C)CNc1nnc(SC2CCCCC2=O)s1. The van der Waals surface area contributed by atoms with Gasteiger partial charge in [0.05, 0.1) is 5.25 Å². The van der Waals surface area contributed by atoms with Gasteiger partial charge in [-0.15, -0.1) is 10.2 Å². The summed E-state index contributed by atoms with van der Waals surface area (Å²) in [6.45, 7) is 5.22. The highest BCUT2D eigenvalue weighted by atomic mass is 32.2. The van der Waals surface area contributed by atoms with Gasteiger partial charge in [-0.1, -0.05) is 43.4 Å². The molecule has 1 unspecified atom stereocenters. The molecule has 18 heavy (non-hydrogen) atoms. The Morgan fingerprint density at radius 2 is 2.28 bits per heavy atom. The van der Waals surface area contributed by atoms with Crippen LogP contribution in [-0.2, 0) is 4.79 Å². The summed E-state index contributed by atoms with van der Waals surface area (Å²) in [5.74, 6) is 0.961. The van der Waals surface area contributed by atoms with E-state index < -0.39 is 0 Å². The monoisotopic (exact) mass is 285 g/mol. The second-order valence-electron chi connectivity index (χ2n) is 4.97. The molecule has 4 nitrogen and oxygen atoms in total. The summed E-state index contributed by atoms with van der Waals surface area (Å²) in [5, 5.41) is 12.5. The summed E-state index contributed by atoms with van der Waals surface area (Å²) in [7, 11) is 0. The molecule has 0 saturated heterocycles. The number of rotatable bonds is 5. The number of hydrogen-bond donors (Lipinski definition) is 1. The summed E-state index contributed by atoms with van der Waals surface area (Å²) in [6, 6.07) is 0. The molecule has 1 aromatic rings. The number of Topliss-reactive ketones (excluding diaryl/α,β-unsaturated/α-hetero) is 1. The first-order chi connectivity index (χ1) is 8.65. The van der Waals surface area contributed by atoms with Crippen molar-refractivity contribution in [3.63, 3.8) is 0 Å². The van der Waals surface area contributed by atoms with Crippen LogP contribution in [0.1, 0.15) is 39.5 Å². The van der Waals surface area contributed by atoms with Crippen molar-refractivity contribution in [2.75, 3.05) is 11.9 Å². The van der Waals surface area contributed by atoms with Gasteiger partial charge in [-0.2, -0.15) is 0 Å². The van der Waals surface area contributed by atoms with Crippen LogP contribution in [-0.4, -0.2) is 27.8 Å². The van der Waals surface area contributed by atoms with Crippen molar-refractivity contribution in [1.82, 2.24) is 10.2 Å². The van der Waals surface area contributed by atoms with Crippen molar-refractivity contribution < 1.29 is 4.79 Å². The average molecular weight is 285 g/mol. The van der Waals surface area contributed by atoms with E-state index >= 15 is 0 Å². The van der Waals surface area contributed by atoms with Crippen molar-refractivity contribution in [2.24, 2.45) is 5.92 Å². The first-order valence-corrected chi connectivity index (χ1v) is 8.11. The molecule has 0 amide bonds. The molecule has 0 aromatic carbocycles. The fourth-order valence-electron chi connectivity index (χ4n) is 1.82. The third-order valence-electron chi connectivity index (χ3n) is 2.81. The number of carbonyl (C=O) groups excluding carboxylic acids is 1. The second-order valence-corrected chi connectivity index (χ2v) is 7.39. The summed E-state index contributed by atoms with van der Waals surface area (Å²) in [6.07, 6.45) is 3.92. The normalized spacial score (nSPS) is 20.4. The molecule has 0 bridgehead atoms. The van der Waals surface area contributed by atoms with Gasteiger partial charge in [-0.25, -0.2) is 0 Å². The number of nitrogens with one attached hydrogen (secondary N) is 1. The van der Waals surface area contributed by atoms with Gasteiger partial charge in [0, 0.05) is 13.0 Å². The van der Waals surface area contributed by atoms with Gasteiger partial charge in [0.25, 0.3) is 0 Å². The van der Waals surface area contributed by atoms with Gasteiger partial charge in [0.2, 0.25) is 5.13 Å². The number of hydrogen-bond acceptors (Lipinski definition) is 6. The lowest BCUT2D eigenvalue weighted by atomic mass is 9.99. The van der Waals surface area contributed by atoms with E-state index in [2.05, 4.69) is 29.4 Å². The Morgan fingerprint density at radius 3 is 3.00 bits per heavy atom. The molecule has 1 aliphatic carbocycles.